The van der Waals surface area contributed by atoms with Gasteiger partial charge in [-0.25, -0.2) is 0 Å². The maximum absolute atomic E-state index is 4.08. The molecule has 0 saturated heterocycles. The van der Waals surface area contributed by atoms with Crippen molar-refractivity contribution in [3.8, 4) is 0 Å². The quantitative estimate of drug-likeness (QED) is 0.803. The first-order valence-electron chi connectivity index (χ1n) is 5.88. The SMILES string of the molecule is Cc1nnc(NCC2CCCCCC2)s1. The summed E-state index contributed by atoms with van der Waals surface area (Å²) in [6.45, 7) is 3.07. The monoisotopic (exact) mass is 225 g/mol. The molecule has 1 saturated carbocycles. The number of nitrogens with one attached hydrogen (secondary N) is 1. The first kappa shape index (κ1) is 10.9. The Morgan fingerprint density at radius 2 is 1.93 bits per heavy atom. The minimum atomic E-state index is 0.844. The molecule has 4 heteroatoms. The molecule has 0 bridgehead atoms. The van der Waals surface area contributed by atoms with Crippen LogP contribution in [0.4, 0.5) is 5.13 Å². The molecule has 15 heavy (non-hydrogen) atoms. The first-order valence-corrected chi connectivity index (χ1v) is 6.70. The lowest BCUT2D eigenvalue weighted by molar-refractivity contribution is 0.483. The molecule has 0 unspecified atom stereocenters. The fourth-order valence-corrected chi connectivity index (χ4v) is 2.77. The smallest absolute Gasteiger partial charge is 0.205 e. The van der Waals surface area contributed by atoms with Crippen LogP contribution in [0.25, 0.3) is 0 Å². The summed E-state index contributed by atoms with van der Waals surface area (Å²) in [7, 11) is 0. The number of hydrogen-bond donors (Lipinski definition) is 1. The van der Waals surface area contributed by atoms with Gasteiger partial charge in [-0.2, -0.15) is 0 Å². The van der Waals surface area contributed by atoms with Gasteiger partial charge in [0.1, 0.15) is 5.01 Å². The lowest BCUT2D eigenvalue weighted by Crippen LogP contribution is -2.13. The molecule has 1 aliphatic carbocycles. The number of anilines is 1. The molecule has 1 fully saturated rings. The number of rotatable bonds is 3. The van der Waals surface area contributed by atoms with E-state index in [0.717, 1.165) is 22.6 Å². The van der Waals surface area contributed by atoms with Crippen molar-refractivity contribution in [2.75, 3.05) is 11.9 Å². The zero-order valence-electron chi connectivity index (χ0n) is 9.33. The summed E-state index contributed by atoms with van der Waals surface area (Å²) in [5.74, 6) is 0.844. The molecule has 0 radical (unpaired) electrons. The number of nitrogens with zero attached hydrogens (tertiary/aromatic N) is 2. The predicted molar refractivity (Wildman–Crippen MR) is 64.3 cm³/mol. The molecule has 2 rings (SSSR count). The Morgan fingerprint density at radius 3 is 2.53 bits per heavy atom. The minimum Gasteiger partial charge on any atom is -0.360 e. The van der Waals surface area contributed by atoms with Crippen LogP contribution in [0.1, 0.15) is 43.5 Å². The maximum atomic E-state index is 4.08. The Hall–Kier alpha value is -0.640. The van der Waals surface area contributed by atoms with E-state index in [9.17, 15) is 0 Å². The summed E-state index contributed by atoms with van der Waals surface area (Å²) in [5, 5.41) is 13.5. The van der Waals surface area contributed by atoms with Crippen LogP contribution in [-0.2, 0) is 0 Å². The van der Waals surface area contributed by atoms with Crippen LogP contribution in [0, 0.1) is 12.8 Å². The Bertz CT molecular complexity index is 290. The van der Waals surface area contributed by atoms with Crippen LogP contribution < -0.4 is 5.32 Å². The number of hydrogen-bond acceptors (Lipinski definition) is 4. The molecule has 1 aromatic heterocycles. The molecule has 0 aromatic carbocycles. The Labute approximate surface area is 95.3 Å². The second-order valence-electron chi connectivity index (χ2n) is 4.36. The van der Waals surface area contributed by atoms with Crippen LogP contribution in [0.15, 0.2) is 0 Å². The molecule has 0 atom stereocenters. The normalized spacial score (nSPS) is 18.7. The van der Waals surface area contributed by atoms with Crippen LogP contribution >= 0.6 is 11.3 Å². The van der Waals surface area contributed by atoms with Crippen molar-refractivity contribution in [2.45, 2.75) is 45.4 Å². The Balaban J connectivity index is 1.76. The summed E-state index contributed by atoms with van der Waals surface area (Å²) >= 11 is 1.65. The van der Waals surface area contributed by atoms with Crippen molar-refractivity contribution in [1.29, 1.82) is 0 Å². The first-order chi connectivity index (χ1) is 7.34. The van der Waals surface area contributed by atoms with E-state index in [1.54, 1.807) is 11.3 Å². The van der Waals surface area contributed by atoms with E-state index in [1.165, 1.54) is 38.5 Å². The van der Waals surface area contributed by atoms with Gasteiger partial charge in [0.25, 0.3) is 0 Å². The molecular formula is C11H19N3S. The lowest BCUT2D eigenvalue weighted by Gasteiger charge is -2.13. The summed E-state index contributed by atoms with van der Waals surface area (Å²) in [5.41, 5.74) is 0. The lowest BCUT2D eigenvalue weighted by atomic mass is 10.0. The van der Waals surface area contributed by atoms with E-state index in [0.29, 0.717) is 0 Å². The van der Waals surface area contributed by atoms with Crippen LogP contribution in [0.3, 0.4) is 0 Å². The molecule has 1 N–H and O–H groups in total. The van der Waals surface area contributed by atoms with Gasteiger partial charge in [0, 0.05) is 6.54 Å². The van der Waals surface area contributed by atoms with Crippen molar-refractivity contribution in [1.82, 2.24) is 10.2 Å². The summed E-state index contributed by atoms with van der Waals surface area (Å²) in [6.07, 6.45) is 8.42. The zero-order valence-corrected chi connectivity index (χ0v) is 10.1. The molecule has 1 heterocycles. The van der Waals surface area contributed by atoms with Crippen LogP contribution in [0.2, 0.25) is 0 Å². The third kappa shape index (κ3) is 3.45. The summed E-state index contributed by atoms with van der Waals surface area (Å²) < 4.78 is 0. The van der Waals surface area contributed by atoms with E-state index in [4.69, 9.17) is 0 Å². The minimum absolute atomic E-state index is 0.844. The molecule has 0 spiro atoms. The van der Waals surface area contributed by atoms with Crippen molar-refractivity contribution < 1.29 is 0 Å². The highest BCUT2D eigenvalue weighted by atomic mass is 32.1. The summed E-state index contributed by atoms with van der Waals surface area (Å²) in [6, 6.07) is 0. The van der Waals surface area contributed by atoms with Crippen molar-refractivity contribution in [3.05, 3.63) is 5.01 Å². The number of aromatic nitrogens is 2. The molecule has 0 amide bonds. The molecular weight excluding hydrogens is 206 g/mol. The van der Waals surface area contributed by atoms with Crippen molar-refractivity contribution >= 4 is 16.5 Å². The van der Waals surface area contributed by atoms with Gasteiger partial charge in [0.2, 0.25) is 5.13 Å². The van der Waals surface area contributed by atoms with E-state index in [2.05, 4.69) is 15.5 Å². The van der Waals surface area contributed by atoms with Gasteiger partial charge in [-0.15, -0.1) is 10.2 Å². The van der Waals surface area contributed by atoms with E-state index < -0.39 is 0 Å². The molecule has 3 nitrogen and oxygen atoms in total. The molecule has 84 valence electrons. The van der Waals surface area contributed by atoms with Gasteiger partial charge < -0.3 is 5.32 Å². The summed E-state index contributed by atoms with van der Waals surface area (Å²) in [4.78, 5) is 0. The second-order valence-corrected chi connectivity index (χ2v) is 5.55. The number of aryl methyl sites for hydroxylation is 1. The largest absolute Gasteiger partial charge is 0.360 e. The van der Waals surface area contributed by atoms with Crippen LogP contribution in [0.5, 0.6) is 0 Å². The Kier molecular flexibility index (Phi) is 3.94. The molecule has 1 aromatic rings. The topological polar surface area (TPSA) is 37.8 Å². The molecule has 1 aliphatic rings. The van der Waals surface area contributed by atoms with E-state index >= 15 is 0 Å². The van der Waals surface area contributed by atoms with Crippen molar-refractivity contribution in [2.24, 2.45) is 5.92 Å². The zero-order chi connectivity index (χ0) is 10.5. The van der Waals surface area contributed by atoms with Gasteiger partial charge >= 0.3 is 0 Å². The maximum Gasteiger partial charge on any atom is 0.205 e. The fourth-order valence-electron chi connectivity index (χ4n) is 2.17. The van der Waals surface area contributed by atoms with Crippen molar-refractivity contribution in [3.63, 3.8) is 0 Å². The third-order valence-corrected chi connectivity index (χ3v) is 3.84. The van der Waals surface area contributed by atoms with Gasteiger partial charge in [-0.1, -0.05) is 37.0 Å². The average Bonchev–Trinajstić information content (AvgIpc) is 2.52. The van der Waals surface area contributed by atoms with Gasteiger partial charge in [0.05, 0.1) is 0 Å². The fraction of sp³-hybridized carbons (Fsp3) is 0.818. The van der Waals surface area contributed by atoms with Gasteiger partial charge in [-0.05, 0) is 25.7 Å². The van der Waals surface area contributed by atoms with Crippen LogP contribution in [-0.4, -0.2) is 16.7 Å². The van der Waals surface area contributed by atoms with E-state index in [-0.39, 0.29) is 0 Å². The predicted octanol–water partition coefficient (Wildman–Crippen LogP) is 3.23. The van der Waals surface area contributed by atoms with Gasteiger partial charge in [0.15, 0.2) is 0 Å². The highest BCUT2D eigenvalue weighted by Gasteiger charge is 2.12. The van der Waals surface area contributed by atoms with Gasteiger partial charge in [-0.3, -0.25) is 0 Å². The van der Waals surface area contributed by atoms with E-state index in [1.807, 2.05) is 6.92 Å². The average molecular weight is 225 g/mol. The standard InChI is InChI=1S/C11H19N3S/c1-9-13-14-11(15-9)12-8-10-6-4-2-3-5-7-10/h10H,2-8H2,1H3,(H,12,14). The third-order valence-electron chi connectivity index (χ3n) is 3.04. The molecule has 0 aliphatic heterocycles. The highest BCUT2D eigenvalue weighted by molar-refractivity contribution is 7.15. The highest BCUT2D eigenvalue weighted by Crippen LogP contribution is 2.23. The Morgan fingerprint density at radius 1 is 1.20 bits per heavy atom. The second kappa shape index (κ2) is 5.45.